The number of aromatic carboxylic acids is 1. The summed E-state index contributed by atoms with van der Waals surface area (Å²) in [5, 5.41) is 8.78. The van der Waals surface area contributed by atoms with Gasteiger partial charge >= 0.3 is 5.97 Å². The van der Waals surface area contributed by atoms with Gasteiger partial charge in [-0.05, 0) is 6.92 Å². The lowest BCUT2D eigenvalue weighted by Gasteiger charge is -2.06. The standard InChI is InChI=1S/C9H12N2O3/c1-4(2)7-10-6(9(13)14)5(3)8(12)11-7/h4H,1-3H3,(H,13,14)(H,10,11,12). The van der Waals surface area contributed by atoms with E-state index in [1.54, 1.807) is 0 Å². The van der Waals surface area contributed by atoms with Crippen LogP contribution in [-0.4, -0.2) is 21.0 Å². The number of carboxylic acid groups (broad SMARTS) is 1. The number of nitrogens with one attached hydrogen (secondary N) is 1. The van der Waals surface area contributed by atoms with Crippen molar-refractivity contribution in [1.82, 2.24) is 9.97 Å². The molecule has 5 nitrogen and oxygen atoms in total. The molecule has 14 heavy (non-hydrogen) atoms. The molecule has 0 aliphatic heterocycles. The van der Waals surface area contributed by atoms with E-state index in [1.807, 2.05) is 13.8 Å². The predicted molar refractivity (Wildman–Crippen MR) is 50.6 cm³/mol. The summed E-state index contributed by atoms with van der Waals surface area (Å²) in [7, 11) is 0. The fraction of sp³-hybridized carbons (Fsp3) is 0.444. The highest BCUT2D eigenvalue weighted by atomic mass is 16.4. The molecule has 1 heterocycles. The Labute approximate surface area is 80.8 Å². The molecular weight excluding hydrogens is 184 g/mol. The first kappa shape index (κ1) is 10.4. The maximum absolute atomic E-state index is 11.3. The SMILES string of the molecule is Cc1c(C(=O)O)nc(C(C)C)[nH]c1=O. The van der Waals surface area contributed by atoms with Gasteiger partial charge in [0, 0.05) is 11.5 Å². The van der Waals surface area contributed by atoms with Crippen molar-refractivity contribution >= 4 is 5.97 Å². The van der Waals surface area contributed by atoms with Crippen LogP contribution >= 0.6 is 0 Å². The molecule has 0 aromatic carbocycles. The van der Waals surface area contributed by atoms with Crippen molar-refractivity contribution in [3.8, 4) is 0 Å². The van der Waals surface area contributed by atoms with E-state index in [1.165, 1.54) is 6.92 Å². The van der Waals surface area contributed by atoms with Gasteiger partial charge in [-0.2, -0.15) is 0 Å². The molecule has 0 radical (unpaired) electrons. The number of rotatable bonds is 2. The molecule has 0 aliphatic carbocycles. The van der Waals surface area contributed by atoms with Gasteiger partial charge in [-0.3, -0.25) is 4.79 Å². The average molecular weight is 196 g/mol. The molecule has 0 saturated heterocycles. The minimum atomic E-state index is -1.17. The summed E-state index contributed by atoms with van der Waals surface area (Å²) >= 11 is 0. The first-order valence-electron chi connectivity index (χ1n) is 4.27. The molecule has 5 heteroatoms. The number of aromatic amines is 1. The topological polar surface area (TPSA) is 83.0 Å². The fourth-order valence-corrected chi connectivity index (χ4v) is 1.03. The minimum Gasteiger partial charge on any atom is -0.476 e. The van der Waals surface area contributed by atoms with Crippen molar-refractivity contribution in [2.75, 3.05) is 0 Å². The summed E-state index contributed by atoms with van der Waals surface area (Å²) in [6, 6.07) is 0. The minimum absolute atomic E-state index is 0.00130. The average Bonchev–Trinajstić information content (AvgIpc) is 2.08. The van der Waals surface area contributed by atoms with Crippen LogP contribution in [0.15, 0.2) is 4.79 Å². The lowest BCUT2D eigenvalue weighted by Crippen LogP contribution is -2.21. The summed E-state index contributed by atoms with van der Waals surface area (Å²) < 4.78 is 0. The number of carbonyl (C=O) groups is 1. The first-order valence-corrected chi connectivity index (χ1v) is 4.27. The monoisotopic (exact) mass is 196 g/mol. The Bertz CT molecular complexity index is 421. The van der Waals surface area contributed by atoms with Gasteiger partial charge < -0.3 is 10.1 Å². The van der Waals surface area contributed by atoms with Gasteiger partial charge in [0.05, 0.1) is 0 Å². The Morgan fingerprint density at radius 1 is 1.50 bits per heavy atom. The lowest BCUT2D eigenvalue weighted by molar-refractivity contribution is 0.0688. The second-order valence-corrected chi connectivity index (χ2v) is 3.38. The number of aromatic nitrogens is 2. The third kappa shape index (κ3) is 1.81. The summed E-state index contributed by atoms with van der Waals surface area (Å²) in [5.41, 5.74) is -0.416. The fourth-order valence-electron chi connectivity index (χ4n) is 1.03. The van der Waals surface area contributed by atoms with Gasteiger partial charge in [0.25, 0.3) is 5.56 Å². The normalized spacial score (nSPS) is 10.6. The molecule has 1 rings (SSSR count). The summed E-state index contributed by atoms with van der Waals surface area (Å²) in [4.78, 5) is 28.5. The molecule has 0 fully saturated rings. The lowest BCUT2D eigenvalue weighted by atomic mass is 10.2. The van der Waals surface area contributed by atoms with Gasteiger partial charge in [0.1, 0.15) is 5.82 Å². The highest BCUT2D eigenvalue weighted by molar-refractivity contribution is 5.86. The Morgan fingerprint density at radius 3 is 2.50 bits per heavy atom. The summed E-state index contributed by atoms with van der Waals surface area (Å²) in [5.74, 6) is -0.769. The number of carboxylic acids is 1. The van der Waals surface area contributed by atoms with E-state index in [4.69, 9.17) is 5.11 Å². The van der Waals surface area contributed by atoms with Crippen LogP contribution in [0.25, 0.3) is 0 Å². The van der Waals surface area contributed by atoms with Crippen molar-refractivity contribution in [1.29, 1.82) is 0 Å². The molecule has 0 atom stereocenters. The van der Waals surface area contributed by atoms with Crippen LogP contribution in [0.1, 0.15) is 41.6 Å². The van der Waals surface area contributed by atoms with E-state index < -0.39 is 5.97 Å². The smallest absolute Gasteiger partial charge is 0.355 e. The van der Waals surface area contributed by atoms with Crippen molar-refractivity contribution in [3.05, 3.63) is 27.4 Å². The van der Waals surface area contributed by atoms with Crippen molar-refractivity contribution in [2.45, 2.75) is 26.7 Å². The zero-order chi connectivity index (χ0) is 10.9. The molecular formula is C9H12N2O3. The molecule has 0 saturated carbocycles. The number of H-pyrrole nitrogens is 1. The van der Waals surface area contributed by atoms with Gasteiger partial charge in [0.2, 0.25) is 0 Å². The zero-order valence-electron chi connectivity index (χ0n) is 8.29. The first-order chi connectivity index (χ1) is 6.43. The van der Waals surface area contributed by atoms with Crippen LogP contribution in [0, 0.1) is 6.92 Å². The van der Waals surface area contributed by atoms with E-state index in [-0.39, 0.29) is 22.7 Å². The Morgan fingerprint density at radius 2 is 2.07 bits per heavy atom. The third-order valence-corrected chi connectivity index (χ3v) is 1.92. The van der Waals surface area contributed by atoms with E-state index in [0.29, 0.717) is 5.82 Å². The van der Waals surface area contributed by atoms with Gasteiger partial charge in [-0.1, -0.05) is 13.8 Å². The molecule has 1 aromatic rings. The second kappa shape index (κ2) is 3.61. The van der Waals surface area contributed by atoms with Crippen LogP contribution in [0.5, 0.6) is 0 Å². The maximum Gasteiger partial charge on any atom is 0.355 e. The van der Waals surface area contributed by atoms with Crippen LogP contribution in [-0.2, 0) is 0 Å². The molecule has 0 spiro atoms. The number of hydrogen-bond acceptors (Lipinski definition) is 3. The summed E-state index contributed by atoms with van der Waals surface area (Å²) in [6.45, 7) is 5.11. The molecule has 0 amide bonds. The van der Waals surface area contributed by atoms with Gasteiger partial charge in [0.15, 0.2) is 5.69 Å². The van der Waals surface area contributed by atoms with Crippen molar-refractivity contribution in [3.63, 3.8) is 0 Å². The van der Waals surface area contributed by atoms with Gasteiger partial charge in [-0.15, -0.1) is 0 Å². The summed E-state index contributed by atoms with van der Waals surface area (Å²) in [6.07, 6.45) is 0. The highest BCUT2D eigenvalue weighted by Crippen LogP contribution is 2.08. The largest absolute Gasteiger partial charge is 0.476 e. The molecule has 0 bridgehead atoms. The number of nitrogens with zero attached hydrogens (tertiary/aromatic N) is 1. The predicted octanol–water partition coefficient (Wildman–Crippen LogP) is 0.900. The molecule has 76 valence electrons. The Balaban J connectivity index is 3.43. The molecule has 2 N–H and O–H groups in total. The van der Waals surface area contributed by atoms with E-state index in [2.05, 4.69) is 9.97 Å². The van der Waals surface area contributed by atoms with E-state index >= 15 is 0 Å². The highest BCUT2D eigenvalue weighted by Gasteiger charge is 2.14. The number of hydrogen-bond donors (Lipinski definition) is 2. The maximum atomic E-state index is 11.3. The third-order valence-electron chi connectivity index (χ3n) is 1.92. The van der Waals surface area contributed by atoms with Gasteiger partial charge in [-0.25, -0.2) is 9.78 Å². The molecule has 1 aromatic heterocycles. The van der Waals surface area contributed by atoms with Crippen molar-refractivity contribution in [2.24, 2.45) is 0 Å². The van der Waals surface area contributed by atoms with E-state index in [9.17, 15) is 9.59 Å². The van der Waals surface area contributed by atoms with E-state index in [0.717, 1.165) is 0 Å². The molecule has 0 aliphatic rings. The zero-order valence-corrected chi connectivity index (χ0v) is 8.29. The Hall–Kier alpha value is -1.65. The molecule has 0 unspecified atom stereocenters. The van der Waals surface area contributed by atoms with Crippen molar-refractivity contribution < 1.29 is 9.90 Å². The second-order valence-electron chi connectivity index (χ2n) is 3.38. The quantitative estimate of drug-likeness (QED) is 0.736. The van der Waals surface area contributed by atoms with Crippen LogP contribution in [0.4, 0.5) is 0 Å². The van der Waals surface area contributed by atoms with Crippen LogP contribution in [0.3, 0.4) is 0 Å². The van der Waals surface area contributed by atoms with Crippen LogP contribution in [0.2, 0.25) is 0 Å². The Kier molecular flexibility index (Phi) is 2.69. The van der Waals surface area contributed by atoms with Crippen LogP contribution < -0.4 is 5.56 Å².